The maximum atomic E-state index is 15.2. The highest BCUT2D eigenvalue weighted by molar-refractivity contribution is 5.95. The first-order chi connectivity index (χ1) is 14.3. The molecule has 2 heterocycles. The van der Waals surface area contributed by atoms with E-state index in [4.69, 9.17) is 15.2 Å². The summed E-state index contributed by atoms with van der Waals surface area (Å²) in [7, 11) is 1.45. The minimum absolute atomic E-state index is 0.0460. The molecule has 0 spiro atoms. The van der Waals surface area contributed by atoms with Gasteiger partial charge in [0, 0.05) is 17.9 Å². The average Bonchev–Trinajstić information content (AvgIpc) is 3.49. The molecule has 0 saturated heterocycles. The summed E-state index contributed by atoms with van der Waals surface area (Å²) in [5.74, 6) is -0.871. The predicted molar refractivity (Wildman–Crippen MR) is 105 cm³/mol. The number of carbonyl (C=O) groups is 1. The first kappa shape index (κ1) is 20.2. The van der Waals surface area contributed by atoms with E-state index in [1.54, 1.807) is 13.0 Å². The third-order valence-electron chi connectivity index (χ3n) is 5.70. The Hall–Kier alpha value is -3.10. The molecule has 1 aromatic carbocycles. The van der Waals surface area contributed by atoms with Gasteiger partial charge in [0.1, 0.15) is 29.3 Å². The number of alkyl halides is 1. The largest absolute Gasteiger partial charge is 0.480 e. The number of nitrogens with two attached hydrogens (primary N) is 1. The van der Waals surface area contributed by atoms with E-state index in [-0.39, 0.29) is 41.5 Å². The molecule has 1 saturated carbocycles. The van der Waals surface area contributed by atoms with Crippen LogP contribution in [0.2, 0.25) is 0 Å². The zero-order chi connectivity index (χ0) is 21.6. The van der Waals surface area contributed by atoms with E-state index in [9.17, 15) is 9.18 Å². The van der Waals surface area contributed by atoms with Gasteiger partial charge in [0.2, 0.25) is 5.88 Å². The van der Waals surface area contributed by atoms with Crippen LogP contribution in [0.15, 0.2) is 29.5 Å². The zero-order valence-corrected chi connectivity index (χ0v) is 16.9. The number of benzene rings is 1. The molecule has 2 aromatic rings. The number of aryl methyl sites for hydroxylation is 1. The Morgan fingerprint density at radius 1 is 1.40 bits per heavy atom. The van der Waals surface area contributed by atoms with Crippen LogP contribution in [0.1, 0.15) is 40.5 Å². The lowest BCUT2D eigenvalue weighted by molar-refractivity contribution is 0.0987. The molecule has 7 nitrogen and oxygen atoms in total. The van der Waals surface area contributed by atoms with Crippen LogP contribution in [0.3, 0.4) is 0 Å². The smallest absolute Gasteiger partial charge is 0.283 e. The van der Waals surface area contributed by atoms with Gasteiger partial charge in [-0.1, -0.05) is 6.07 Å². The molecule has 0 amide bonds. The molecule has 0 bridgehead atoms. The lowest BCUT2D eigenvalue weighted by Crippen LogP contribution is -2.44. The van der Waals surface area contributed by atoms with E-state index in [1.807, 2.05) is 0 Å². The Bertz CT molecular complexity index is 1030. The second kappa shape index (κ2) is 7.30. The van der Waals surface area contributed by atoms with Gasteiger partial charge >= 0.3 is 0 Å². The van der Waals surface area contributed by atoms with Crippen molar-refractivity contribution in [2.45, 2.75) is 44.5 Å². The molecule has 4 rings (SSSR count). The number of hydrogen-bond donors (Lipinski definition) is 1. The molecule has 2 N–H and O–H groups in total. The van der Waals surface area contributed by atoms with Crippen molar-refractivity contribution in [3.05, 3.63) is 52.7 Å². The first-order valence-corrected chi connectivity index (χ1v) is 9.61. The van der Waals surface area contributed by atoms with Gasteiger partial charge in [0.05, 0.1) is 19.5 Å². The highest BCUT2D eigenvalue weighted by atomic mass is 19.1. The second-order valence-corrected chi connectivity index (χ2v) is 7.71. The summed E-state index contributed by atoms with van der Waals surface area (Å²) in [6.07, 6.45) is 1.39. The van der Waals surface area contributed by atoms with Crippen LogP contribution >= 0.6 is 0 Å². The molecule has 1 aliphatic heterocycles. The Balaban J connectivity index is 1.72. The number of ketones is 1. The number of fused-ring (bicyclic) bond motifs is 1. The molecule has 0 radical (unpaired) electrons. The van der Waals surface area contributed by atoms with Crippen molar-refractivity contribution in [2.24, 2.45) is 16.6 Å². The first-order valence-electron chi connectivity index (χ1n) is 9.61. The highest BCUT2D eigenvalue weighted by Gasteiger charge is 2.62. The Morgan fingerprint density at radius 2 is 2.17 bits per heavy atom. The van der Waals surface area contributed by atoms with Gasteiger partial charge in [0.25, 0.3) is 6.02 Å². The predicted octanol–water partition coefficient (Wildman–Crippen LogP) is 2.64. The van der Waals surface area contributed by atoms with Crippen LogP contribution in [0.5, 0.6) is 5.88 Å². The van der Waals surface area contributed by atoms with Crippen LogP contribution in [-0.2, 0) is 16.7 Å². The minimum atomic E-state index is -1.50. The van der Waals surface area contributed by atoms with Crippen LogP contribution in [0, 0.1) is 18.7 Å². The Labute approximate surface area is 172 Å². The van der Waals surface area contributed by atoms with Gasteiger partial charge in [-0.3, -0.25) is 4.79 Å². The van der Waals surface area contributed by atoms with E-state index in [0.29, 0.717) is 23.4 Å². The SMILES string of the molecule is COc1cnc(C(=O)Cc2cc(C)c(F)c([C@@]3(C(C)F)N=C(N)O[C@@H]4C[C@@H]43)c2)cn1. The van der Waals surface area contributed by atoms with Crippen LogP contribution in [-0.4, -0.2) is 41.2 Å². The summed E-state index contributed by atoms with van der Waals surface area (Å²) in [6, 6.07) is 2.93. The summed E-state index contributed by atoms with van der Waals surface area (Å²) in [5, 5.41) is 0. The molecule has 1 aromatic heterocycles. The molecule has 9 heteroatoms. The lowest BCUT2D eigenvalue weighted by atomic mass is 9.79. The molecule has 1 unspecified atom stereocenters. The fourth-order valence-corrected chi connectivity index (χ4v) is 4.15. The number of carbonyl (C=O) groups excluding carboxylic acids is 1. The normalized spacial score (nSPS) is 25.6. The number of amidine groups is 1. The molecule has 2 aliphatic rings. The van der Waals surface area contributed by atoms with Crippen LogP contribution in [0.25, 0.3) is 0 Å². The summed E-state index contributed by atoms with van der Waals surface area (Å²) >= 11 is 0. The van der Waals surface area contributed by atoms with Gasteiger partial charge in [-0.25, -0.2) is 23.7 Å². The number of nitrogens with zero attached hydrogens (tertiary/aromatic N) is 3. The molecular formula is C21H22F2N4O3. The third-order valence-corrected chi connectivity index (χ3v) is 5.70. The number of aromatic nitrogens is 2. The Morgan fingerprint density at radius 3 is 2.80 bits per heavy atom. The number of Topliss-reactive ketones (excluding diaryl/α,β-unsaturated/α-hetero) is 1. The number of hydrogen-bond acceptors (Lipinski definition) is 7. The average molecular weight is 416 g/mol. The maximum Gasteiger partial charge on any atom is 0.283 e. The van der Waals surface area contributed by atoms with Gasteiger partial charge in [0.15, 0.2) is 5.78 Å². The molecule has 1 fully saturated rings. The molecule has 158 valence electrons. The van der Waals surface area contributed by atoms with Crippen LogP contribution < -0.4 is 10.5 Å². The molecule has 4 atom stereocenters. The number of methoxy groups -OCH3 is 1. The molecule has 1 aliphatic carbocycles. The van der Waals surface area contributed by atoms with E-state index < -0.39 is 17.5 Å². The van der Waals surface area contributed by atoms with Gasteiger partial charge in [-0.05, 0) is 37.5 Å². The topological polar surface area (TPSA) is 99.7 Å². The summed E-state index contributed by atoms with van der Waals surface area (Å²) in [4.78, 5) is 24.9. The standard InChI is InChI=1S/C21H22F2N4O3/c1-10-4-12(6-16(28)15-8-26-18(29-3)9-25-15)5-14(19(10)23)21(11(2)22)13-7-17(13)30-20(24)27-21/h4-5,8-9,11,13,17H,6-7H2,1-3H3,(H2,24,27)/t11?,13-,17+,21-/m0/s1. The number of rotatable bonds is 6. The third kappa shape index (κ3) is 3.28. The monoisotopic (exact) mass is 416 g/mol. The highest BCUT2D eigenvalue weighted by Crippen LogP contribution is 2.56. The number of ether oxygens (including phenoxy) is 2. The van der Waals surface area contributed by atoms with Crippen molar-refractivity contribution >= 4 is 11.8 Å². The van der Waals surface area contributed by atoms with Gasteiger partial charge < -0.3 is 15.2 Å². The maximum absolute atomic E-state index is 15.2. The van der Waals surface area contributed by atoms with Crippen molar-refractivity contribution < 1.29 is 23.0 Å². The summed E-state index contributed by atoms with van der Waals surface area (Å²) in [6.45, 7) is 2.92. The van der Waals surface area contributed by atoms with Crippen LogP contribution in [0.4, 0.5) is 8.78 Å². The van der Waals surface area contributed by atoms with E-state index in [0.717, 1.165) is 0 Å². The summed E-state index contributed by atoms with van der Waals surface area (Å²) in [5.41, 5.74) is 5.38. The molecular weight excluding hydrogens is 394 g/mol. The van der Waals surface area contributed by atoms with Crippen molar-refractivity contribution in [1.82, 2.24) is 9.97 Å². The Kier molecular flexibility index (Phi) is 4.91. The number of halogens is 2. The minimum Gasteiger partial charge on any atom is -0.480 e. The van der Waals surface area contributed by atoms with Gasteiger partial charge in [-0.2, -0.15) is 0 Å². The summed E-state index contributed by atoms with van der Waals surface area (Å²) < 4.78 is 40.5. The van der Waals surface area contributed by atoms with Gasteiger partial charge in [-0.15, -0.1) is 0 Å². The van der Waals surface area contributed by atoms with Crippen molar-refractivity contribution in [2.75, 3.05) is 7.11 Å². The number of aliphatic imine (C=N–C) groups is 1. The van der Waals surface area contributed by atoms with Crippen molar-refractivity contribution in [3.63, 3.8) is 0 Å². The fourth-order valence-electron chi connectivity index (χ4n) is 4.15. The van der Waals surface area contributed by atoms with E-state index in [1.165, 1.54) is 32.5 Å². The second-order valence-electron chi connectivity index (χ2n) is 7.71. The lowest BCUT2D eigenvalue weighted by Gasteiger charge is -2.35. The quantitative estimate of drug-likeness (QED) is 0.727. The fraction of sp³-hybridized carbons (Fsp3) is 0.429. The molecule has 30 heavy (non-hydrogen) atoms. The van der Waals surface area contributed by atoms with Crippen molar-refractivity contribution in [3.8, 4) is 5.88 Å². The van der Waals surface area contributed by atoms with Crippen molar-refractivity contribution in [1.29, 1.82) is 0 Å². The van der Waals surface area contributed by atoms with E-state index in [2.05, 4.69) is 15.0 Å². The van der Waals surface area contributed by atoms with E-state index >= 15 is 4.39 Å². The zero-order valence-electron chi connectivity index (χ0n) is 16.9.